The Kier molecular flexibility index (Phi) is 3.21. The van der Waals surface area contributed by atoms with Gasteiger partial charge < -0.3 is 15.0 Å². The minimum atomic E-state index is -0.242. The maximum atomic E-state index is 11.9. The number of hydrogen-bond acceptors (Lipinski definition) is 2. The van der Waals surface area contributed by atoms with Crippen LogP contribution in [0.1, 0.15) is 36.3 Å². The first-order chi connectivity index (χ1) is 7.61. The van der Waals surface area contributed by atoms with Crippen LogP contribution in [0.25, 0.3) is 0 Å². The van der Waals surface area contributed by atoms with Gasteiger partial charge in [0.05, 0.1) is 11.6 Å². The van der Waals surface area contributed by atoms with Crippen LogP contribution >= 0.6 is 11.6 Å². The summed E-state index contributed by atoms with van der Waals surface area (Å²) < 4.78 is 1.92. The maximum Gasteiger partial charge on any atom is 0.268 e. The Balaban J connectivity index is 2.15. The molecule has 1 aromatic rings. The Morgan fingerprint density at radius 3 is 3.00 bits per heavy atom. The minimum absolute atomic E-state index is 0.0659. The van der Waals surface area contributed by atoms with Crippen LogP contribution in [0.2, 0.25) is 5.02 Å². The Hall–Kier alpha value is -1.00. The number of amides is 1. The van der Waals surface area contributed by atoms with Crippen LogP contribution in [0, 0.1) is 0 Å². The van der Waals surface area contributed by atoms with Gasteiger partial charge in [0.15, 0.2) is 0 Å². The van der Waals surface area contributed by atoms with Gasteiger partial charge in [-0.25, -0.2) is 0 Å². The van der Waals surface area contributed by atoms with Crippen molar-refractivity contribution < 1.29 is 9.90 Å². The lowest BCUT2D eigenvalue weighted by atomic mass is 10.3. The lowest BCUT2D eigenvalue weighted by Gasteiger charge is -2.12. The molecule has 2 rings (SSSR count). The quantitative estimate of drug-likeness (QED) is 0.843. The molecule has 1 unspecified atom stereocenters. The third kappa shape index (κ3) is 2.39. The highest BCUT2D eigenvalue weighted by Crippen LogP contribution is 2.37. The van der Waals surface area contributed by atoms with Gasteiger partial charge in [0.25, 0.3) is 5.91 Å². The van der Waals surface area contributed by atoms with E-state index >= 15 is 0 Å². The number of aliphatic hydroxyl groups is 1. The fourth-order valence-corrected chi connectivity index (χ4v) is 1.83. The molecule has 0 aromatic carbocycles. The molecule has 1 aromatic heterocycles. The summed E-state index contributed by atoms with van der Waals surface area (Å²) in [4.78, 5) is 11.9. The van der Waals surface area contributed by atoms with E-state index in [1.54, 1.807) is 19.2 Å². The first-order valence-electron chi connectivity index (χ1n) is 5.41. The van der Waals surface area contributed by atoms with Crippen LogP contribution in [-0.2, 0) is 0 Å². The first-order valence-corrected chi connectivity index (χ1v) is 5.78. The molecule has 16 heavy (non-hydrogen) atoms. The van der Waals surface area contributed by atoms with E-state index in [0.29, 0.717) is 16.8 Å². The number of halogens is 1. The van der Waals surface area contributed by atoms with E-state index in [-0.39, 0.29) is 18.6 Å². The number of carbonyl (C=O) groups excluding carboxylic acids is 1. The SMILES string of the molecule is CC(CO)NC(=O)c1cc(Cl)cn1C1CC1. The largest absolute Gasteiger partial charge is 0.394 e. The first kappa shape index (κ1) is 11.5. The van der Waals surface area contributed by atoms with Gasteiger partial charge in [-0.1, -0.05) is 11.6 Å². The fourth-order valence-electron chi connectivity index (χ4n) is 1.63. The van der Waals surface area contributed by atoms with E-state index in [0.717, 1.165) is 12.8 Å². The highest BCUT2D eigenvalue weighted by Gasteiger charge is 2.28. The summed E-state index contributed by atoms with van der Waals surface area (Å²) in [7, 11) is 0. The summed E-state index contributed by atoms with van der Waals surface area (Å²) >= 11 is 5.90. The molecule has 5 heteroatoms. The zero-order valence-corrected chi connectivity index (χ0v) is 9.87. The van der Waals surface area contributed by atoms with Crippen molar-refractivity contribution in [3.8, 4) is 0 Å². The Morgan fingerprint density at radius 2 is 2.44 bits per heavy atom. The summed E-state index contributed by atoms with van der Waals surface area (Å²) in [6, 6.07) is 1.84. The molecule has 0 radical (unpaired) electrons. The standard InChI is InChI=1S/C11H15ClN2O2/c1-7(6-15)13-11(16)10-4-8(12)5-14(10)9-2-3-9/h4-5,7,9,15H,2-3,6H2,1H3,(H,13,16). The van der Waals surface area contributed by atoms with Crippen molar-refractivity contribution >= 4 is 17.5 Å². The molecule has 1 fully saturated rings. The Bertz CT molecular complexity index is 399. The smallest absolute Gasteiger partial charge is 0.268 e. The number of hydrogen-bond donors (Lipinski definition) is 2. The average molecular weight is 243 g/mol. The molecule has 1 aliphatic carbocycles. The van der Waals surface area contributed by atoms with Crippen molar-refractivity contribution in [3.63, 3.8) is 0 Å². The van der Waals surface area contributed by atoms with Crippen molar-refractivity contribution in [2.75, 3.05) is 6.61 Å². The summed E-state index contributed by atoms with van der Waals surface area (Å²) in [5.74, 6) is -0.180. The van der Waals surface area contributed by atoms with Crippen LogP contribution in [0.5, 0.6) is 0 Å². The molecule has 1 saturated carbocycles. The summed E-state index contributed by atoms with van der Waals surface area (Å²) in [5, 5.41) is 12.2. The number of nitrogens with one attached hydrogen (secondary N) is 1. The maximum absolute atomic E-state index is 11.9. The zero-order valence-electron chi connectivity index (χ0n) is 9.11. The van der Waals surface area contributed by atoms with Crippen molar-refractivity contribution in [1.82, 2.24) is 9.88 Å². The normalized spacial score (nSPS) is 17.2. The highest BCUT2D eigenvalue weighted by molar-refractivity contribution is 6.31. The molecule has 0 spiro atoms. The molecule has 1 atom stereocenters. The van der Waals surface area contributed by atoms with Gasteiger partial charge in [0.2, 0.25) is 0 Å². The third-order valence-corrected chi connectivity index (χ3v) is 2.85. The van der Waals surface area contributed by atoms with Gasteiger partial charge in [-0.3, -0.25) is 4.79 Å². The molecule has 2 N–H and O–H groups in total. The van der Waals surface area contributed by atoms with Gasteiger partial charge >= 0.3 is 0 Å². The number of rotatable bonds is 4. The van der Waals surface area contributed by atoms with Gasteiger partial charge in [-0.05, 0) is 25.8 Å². The zero-order chi connectivity index (χ0) is 11.7. The number of aromatic nitrogens is 1. The molecule has 1 amide bonds. The summed E-state index contributed by atoms with van der Waals surface area (Å²) in [6.45, 7) is 1.69. The van der Waals surface area contributed by atoms with Crippen LogP contribution in [-0.4, -0.2) is 28.2 Å². The fraction of sp³-hybridized carbons (Fsp3) is 0.545. The van der Waals surface area contributed by atoms with Crippen molar-refractivity contribution in [1.29, 1.82) is 0 Å². The van der Waals surface area contributed by atoms with Crippen LogP contribution in [0.3, 0.4) is 0 Å². The van der Waals surface area contributed by atoms with E-state index in [1.165, 1.54) is 0 Å². The lowest BCUT2D eigenvalue weighted by Crippen LogP contribution is -2.36. The van der Waals surface area contributed by atoms with Crippen molar-refractivity contribution in [2.24, 2.45) is 0 Å². The molecule has 1 heterocycles. The number of nitrogens with zero attached hydrogens (tertiary/aromatic N) is 1. The minimum Gasteiger partial charge on any atom is -0.394 e. The number of aliphatic hydroxyl groups excluding tert-OH is 1. The number of carbonyl (C=O) groups is 1. The highest BCUT2D eigenvalue weighted by atomic mass is 35.5. The average Bonchev–Trinajstić information content (AvgIpc) is 3.01. The third-order valence-electron chi connectivity index (χ3n) is 2.64. The van der Waals surface area contributed by atoms with E-state index in [4.69, 9.17) is 16.7 Å². The van der Waals surface area contributed by atoms with E-state index in [2.05, 4.69) is 5.32 Å². The van der Waals surface area contributed by atoms with Gasteiger partial charge in [0, 0.05) is 18.3 Å². The lowest BCUT2D eigenvalue weighted by molar-refractivity contribution is 0.0912. The molecule has 1 aliphatic rings. The van der Waals surface area contributed by atoms with Gasteiger partial charge in [-0.2, -0.15) is 0 Å². The van der Waals surface area contributed by atoms with E-state index in [1.807, 2.05) is 4.57 Å². The van der Waals surface area contributed by atoms with Crippen LogP contribution in [0.4, 0.5) is 0 Å². The summed E-state index contributed by atoms with van der Waals surface area (Å²) in [6.07, 6.45) is 3.99. The predicted molar refractivity (Wildman–Crippen MR) is 61.7 cm³/mol. The van der Waals surface area contributed by atoms with Crippen LogP contribution in [0.15, 0.2) is 12.3 Å². The predicted octanol–water partition coefficient (Wildman–Crippen LogP) is 1.59. The van der Waals surface area contributed by atoms with E-state index < -0.39 is 0 Å². The molecular formula is C11H15ClN2O2. The van der Waals surface area contributed by atoms with Gasteiger partial charge in [-0.15, -0.1) is 0 Å². The second-order valence-corrected chi connectivity index (χ2v) is 4.68. The second-order valence-electron chi connectivity index (χ2n) is 4.24. The van der Waals surface area contributed by atoms with Gasteiger partial charge in [0.1, 0.15) is 5.69 Å². The Morgan fingerprint density at radius 1 is 1.75 bits per heavy atom. The molecular weight excluding hydrogens is 228 g/mol. The monoisotopic (exact) mass is 242 g/mol. The van der Waals surface area contributed by atoms with Crippen molar-refractivity contribution in [3.05, 3.63) is 23.0 Å². The molecule has 0 bridgehead atoms. The Labute approximate surface area is 99.2 Å². The molecule has 0 saturated heterocycles. The van der Waals surface area contributed by atoms with Crippen molar-refractivity contribution in [2.45, 2.75) is 31.8 Å². The second kappa shape index (κ2) is 4.47. The topological polar surface area (TPSA) is 54.3 Å². The van der Waals surface area contributed by atoms with Crippen LogP contribution < -0.4 is 5.32 Å². The molecule has 88 valence electrons. The summed E-state index contributed by atoms with van der Waals surface area (Å²) in [5.41, 5.74) is 0.577. The molecule has 0 aliphatic heterocycles. The van der Waals surface area contributed by atoms with E-state index in [9.17, 15) is 4.79 Å². The molecule has 4 nitrogen and oxygen atoms in total.